The number of rotatable bonds is 8. The Balaban J connectivity index is 1.83. The lowest BCUT2D eigenvalue weighted by atomic mass is 9.98. The Bertz CT molecular complexity index is 1070. The van der Waals surface area contributed by atoms with E-state index in [1.165, 1.54) is 0 Å². The minimum absolute atomic E-state index is 0.105. The SMILES string of the molecule is CC(C)(C)OC(=O)N[C@@H](Cc1ccc(OCc2ccccc2)c(-c2ccccc2)c1)C(=O)O. The molecule has 0 fully saturated rings. The average Bonchev–Trinajstić information content (AvgIpc) is 2.77. The number of benzene rings is 3. The van der Waals surface area contributed by atoms with E-state index in [1.54, 1.807) is 20.8 Å². The summed E-state index contributed by atoms with van der Waals surface area (Å²) in [5.74, 6) is -0.438. The third-order valence-electron chi connectivity index (χ3n) is 4.79. The Kier molecular flexibility index (Phi) is 7.72. The number of amides is 1. The number of carboxylic acids is 1. The molecule has 0 saturated carbocycles. The molecule has 0 aliphatic heterocycles. The lowest BCUT2D eigenvalue weighted by Gasteiger charge is -2.22. The molecule has 0 spiro atoms. The second-order valence-corrected chi connectivity index (χ2v) is 8.71. The Labute approximate surface area is 194 Å². The average molecular weight is 448 g/mol. The summed E-state index contributed by atoms with van der Waals surface area (Å²) in [6.45, 7) is 5.59. The highest BCUT2D eigenvalue weighted by Crippen LogP contribution is 2.32. The van der Waals surface area contributed by atoms with Gasteiger partial charge in [0.2, 0.25) is 0 Å². The highest BCUT2D eigenvalue weighted by atomic mass is 16.6. The smallest absolute Gasteiger partial charge is 0.408 e. The van der Waals surface area contributed by atoms with Crippen LogP contribution in [0.2, 0.25) is 0 Å². The van der Waals surface area contributed by atoms with Crippen LogP contribution in [0.25, 0.3) is 11.1 Å². The van der Waals surface area contributed by atoms with Gasteiger partial charge in [0.25, 0.3) is 0 Å². The third kappa shape index (κ3) is 7.38. The van der Waals surface area contributed by atoms with E-state index in [0.717, 1.165) is 22.3 Å². The van der Waals surface area contributed by atoms with Crippen molar-refractivity contribution in [2.24, 2.45) is 0 Å². The number of carbonyl (C=O) groups excluding carboxylic acids is 1. The number of nitrogens with one attached hydrogen (secondary N) is 1. The zero-order valence-electron chi connectivity index (χ0n) is 19.1. The molecule has 172 valence electrons. The molecule has 0 heterocycles. The molecule has 6 nitrogen and oxygen atoms in total. The van der Waals surface area contributed by atoms with Crippen LogP contribution in [0.1, 0.15) is 31.9 Å². The van der Waals surface area contributed by atoms with Crippen molar-refractivity contribution in [2.45, 2.75) is 45.4 Å². The van der Waals surface area contributed by atoms with Gasteiger partial charge in [-0.05, 0) is 49.6 Å². The summed E-state index contributed by atoms with van der Waals surface area (Å²) in [5.41, 5.74) is 2.89. The van der Waals surface area contributed by atoms with Crippen LogP contribution in [0.15, 0.2) is 78.9 Å². The largest absolute Gasteiger partial charge is 0.488 e. The first-order valence-electron chi connectivity index (χ1n) is 10.8. The maximum Gasteiger partial charge on any atom is 0.408 e. The van der Waals surface area contributed by atoms with E-state index in [0.29, 0.717) is 12.4 Å². The first-order valence-corrected chi connectivity index (χ1v) is 10.8. The van der Waals surface area contributed by atoms with Crippen molar-refractivity contribution < 1.29 is 24.2 Å². The standard InChI is InChI=1S/C27H29NO5/c1-27(2,3)33-26(31)28-23(25(29)30)17-20-14-15-24(32-18-19-10-6-4-7-11-19)22(16-20)21-12-8-5-9-13-21/h4-16,23H,17-18H2,1-3H3,(H,28,31)(H,29,30)/t23-/m0/s1. The van der Waals surface area contributed by atoms with E-state index in [2.05, 4.69) is 5.32 Å². The Morgan fingerprint density at radius 3 is 2.15 bits per heavy atom. The van der Waals surface area contributed by atoms with Gasteiger partial charge in [-0.3, -0.25) is 0 Å². The molecule has 0 saturated heterocycles. The number of carboxylic acid groups (broad SMARTS) is 1. The number of ether oxygens (including phenoxy) is 2. The molecule has 6 heteroatoms. The molecule has 0 unspecified atom stereocenters. The molecule has 3 rings (SSSR count). The van der Waals surface area contributed by atoms with Crippen molar-refractivity contribution >= 4 is 12.1 Å². The van der Waals surface area contributed by atoms with Crippen molar-refractivity contribution in [3.63, 3.8) is 0 Å². The minimum Gasteiger partial charge on any atom is -0.488 e. The number of carbonyl (C=O) groups is 2. The second kappa shape index (κ2) is 10.7. The van der Waals surface area contributed by atoms with E-state index >= 15 is 0 Å². The molecule has 3 aromatic rings. The quantitative estimate of drug-likeness (QED) is 0.479. The molecule has 1 amide bonds. The van der Waals surface area contributed by atoms with Gasteiger partial charge in [0.1, 0.15) is 24.0 Å². The normalized spacial score (nSPS) is 12.0. The van der Waals surface area contributed by atoms with Crippen LogP contribution in [0, 0.1) is 0 Å². The summed E-state index contributed by atoms with van der Waals surface area (Å²) in [5, 5.41) is 12.1. The fourth-order valence-corrected chi connectivity index (χ4v) is 3.29. The van der Waals surface area contributed by atoms with E-state index in [1.807, 2.05) is 78.9 Å². The van der Waals surface area contributed by atoms with Crippen LogP contribution < -0.4 is 10.1 Å². The molecular formula is C27H29NO5. The van der Waals surface area contributed by atoms with Gasteiger partial charge >= 0.3 is 12.1 Å². The van der Waals surface area contributed by atoms with Crippen LogP contribution in [0.5, 0.6) is 5.75 Å². The molecule has 0 aliphatic carbocycles. The van der Waals surface area contributed by atoms with Gasteiger partial charge in [0.15, 0.2) is 0 Å². The second-order valence-electron chi connectivity index (χ2n) is 8.71. The van der Waals surface area contributed by atoms with Crippen LogP contribution in [0.3, 0.4) is 0 Å². The molecule has 0 aliphatic rings. The lowest BCUT2D eigenvalue weighted by molar-refractivity contribution is -0.139. The van der Waals surface area contributed by atoms with Crippen molar-refractivity contribution in [3.8, 4) is 16.9 Å². The number of hydrogen-bond acceptors (Lipinski definition) is 4. The van der Waals surface area contributed by atoms with Crippen LogP contribution >= 0.6 is 0 Å². The number of hydrogen-bond donors (Lipinski definition) is 2. The van der Waals surface area contributed by atoms with Gasteiger partial charge in [-0.15, -0.1) is 0 Å². The lowest BCUT2D eigenvalue weighted by Crippen LogP contribution is -2.44. The summed E-state index contributed by atoms with van der Waals surface area (Å²) < 4.78 is 11.3. The predicted molar refractivity (Wildman–Crippen MR) is 127 cm³/mol. The topological polar surface area (TPSA) is 84.9 Å². The van der Waals surface area contributed by atoms with Crippen LogP contribution in [-0.4, -0.2) is 28.8 Å². The fraction of sp³-hybridized carbons (Fsp3) is 0.259. The van der Waals surface area contributed by atoms with Crippen molar-refractivity contribution in [3.05, 3.63) is 90.0 Å². The molecule has 1 atom stereocenters. The summed E-state index contributed by atoms with van der Waals surface area (Å²) in [7, 11) is 0. The first kappa shape index (κ1) is 23.9. The molecule has 2 N–H and O–H groups in total. The Morgan fingerprint density at radius 1 is 0.909 bits per heavy atom. The van der Waals surface area contributed by atoms with Crippen molar-refractivity contribution in [2.75, 3.05) is 0 Å². The van der Waals surface area contributed by atoms with E-state index in [4.69, 9.17) is 9.47 Å². The van der Waals surface area contributed by atoms with Crippen LogP contribution in [0.4, 0.5) is 4.79 Å². The fourth-order valence-electron chi connectivity index (χ4n) is 3.29. The number of alkyl carbamates (subject to hydrolysis) is 1. The number of aliphatic carboxylic acids is 1. The molecule has 0 aromatic heterocycles. The zero-order chi connectivity index (χ0) is 23.8. The highest BCUT2D eigenvalue weighted by Gasteiger charge is 2.24. The van der Waals surface area contributed by atoms with Gasteiger partial charge < -0.3 is 19.9 Å². The van der Waals surface area contributed by atoms with E-state index in [-0.39, 0.29) is 6.42 Å². The summed E-state index contributed by atoms with van der Waals surface area (Å²) in [4.78, 5) is 23.9. The summed E-state index contributed by atoms with van der Waals surface area (Å²) >= 11 is 0. The van der Waals surface area contributed by atoms with Crippen molar-refractivity contribution in [1.82, 2.24) is 5.32 Å². The molecular weight excluding hydrogens is 418 g/mol. The molecule has 3 aromatic carbocycles. The minimum atomic E-state index is -1.13. The Morgan fingerprint density at radius 2 is 1.55 bits per heavy atom. The van der Waals surface area contributed by atoms with Gasteiger partial charge in [-0.1, -0.05) is 66.7 Å². The van der Waals surface area contributed by atoms with Crippen molar-refractivity contribution in [1.29, 1.82) is 0 Å². The molecule has 0 bridgehead atoms. The van der Waals surface area contributed by atoms with E-state index < -0.39 is 23.7 Å². The Hall–Kier alpha value is -3.80. The summed E-state index contributed by atoms with van der Waals surface area (Å²) in [6, 6.07) is 24.1. The maximum absolute atomic E-state index is 12.1. The zero-order valence-corrected chi connectivity index (χ0v) is 19.1. The van der Waals surface area contributed by atoms with Gasteiger partial charge in [0, 0.05) is 12.0 Å². The van der Waals surface area contributed by atoms with Gasteiger partial charge in [-0.2, -0.15) is 0 Å². The van der Waals surface area contributed by atoms with Crippen LogP contribution in [-0.2, 0) is 22.6 Å². The third-order valence-corrected chi connectivity index (χ3v) is 4.79. The predicted octanol–water partition coefficient (Wildman–Crippen LogP) is 5.45. The van der Waals surface area contributed by atoms with Gasteiger partial charge in [0.05, 0.1) is 0 Å². The first-order chi connectivity index (χ1) is 15.7. The molecule has 0 radical (unpaired) electrons. The van der Waals surface area contributed by atoms with E-state index in [9.17, 15) is 14.7 Å². The monoisotopic (exact) mass is 447 g/mol. The molecule has 33 heavy (non-hydrogen) atoms. The summed E-state index contributed by atoms with van der Waals surface area (Å²) in [6.07, 6.45) is -0.658. The highest BCUT2D eigenvalue weighted by molar-refractivity contribution is 5.80. The maximum atomic E-state index is 12.1. The van der Waals surface area contributed by atoms with Gasteiger partial charge in [-0.25, -0.2) is 9.59 Å².